The molecule has 0 bridgehead atoms. The number of hydrogen-bond donors (Lipinski definition) is 3. The molecule has 0 aliphatic rings. The van der Waals surface area contributed by atoms with Gasteiger partial charge in [-0.05, 0) is 40.8 Å². The van der Waals surface area contributed by atoms with Crippen LogP contribution in [0.1, 0.15) is 0 Å². The number of anilines is 1. The average molecular weight is 308 g/mol. The van der Waals surface area contributed by atoms with Gasteiger partial charge in [0.25, 0.3) is 0 Å². The fourth-order valence-electron chi connectivity index (χ4n) is 2.49. The summed E-state index contributed by atoms with van der Waals surface area (Å²) >= 11 is 1.41. The zero-order valence-electron chi connectivity index (χ0n) is 11.5. The van der Waals surface area contributed by atoms with Crippen LogP contribution >= 0.6 is 11.3 Å². The fraction of sp³-hybridized carbons (Fsp3) is 0. The quantitative estimate of drug-likeness (QED) is 0.524. The molecule has 0 aliphatic heterocycles. The standard InChI is InChI=1S/C16H12N4OS/c17-15(21)20-16-19-12-4-3-11(8-14(12)22-16)10-2-1-9-5-6-18-13(9)7-10/h1-8,18H,(H3,17,19,20,21). The Labute approximate surface area is 129 Å². The van der Waals surface area contributed by atoms with Gasteiger partial charge in [-0.2, -0.15) is 0 Å². The van der Waals surface area contributed by atoms with E-state index in [1.54, 1.807) is 0 Å². The maximum absolute atomic E-state index is 10.9. The minimum atomic E-state index is -0.600. The molecular formula is C16H12N4OS. The first-order valence-corrected chi connectivity index (χ1v) is 7.55. The Morgan fingerprint density at radius 3 is 2.82 bits per heavy atom. The number of nitrogens with two attached hydrogens (primary N) is 1. The number of benzene rings is 2. The van der Waals surface area contributed by atoms with Crippen LogP contribution in [0.4, 0.5) is 9.93 Å². The van der Waals surface area contributed by atoms with E-state index in [-0.39, 0.29) is 0 Å². The van der Waals surface area contributed by atoms with E-state index in [2.05, 4.69) is 39.6 Å². The van der Waals surface area contributed by atoms with Crippen LogP contribution in [0, 0.1) is 0 Å². The van der Waals surface area contributed by atoms with Gasteiger partial charge in [0.2, 0.25) is 0 Å². The molecule has 6 heteroatoms. The minimum absolute atomic E-state index is 0.513. The van der Waals surface area contributed by atoms with Crippen molar-refractivity contribution in [1.82, 2.24) is 9.97 Å². The monoisotopic (exact) mass is 308 g/mol. The SMILES string of the molecule is NC(=O)Nc1nc2ccc(-c3ccc4cc[nH]c4c3)cc2s1. The summed E-state index contributed by atoms with van der Waals surface area (Å²) in [5.41, 5.74) is 9.32. The van der Waals surface area contributed by atoms with Crippen LogP contribution < -0.4 is 11.1 Å². The van der Waals surface area contributed by atoms with E-state index >= 15 is 0 Å². The summed E-state index contributed by atoms with van der Waals surface area (Å²) in [6, 6.07) is 13.8. The van der Waals surface area contributed by atoms with Gasteiger partial charge in [0.15, 0.2) is 5.13 Å². The molecule has 2 aromatic carbocycles. The van der Waals surface area contributed by atoms with Crippen molar-refractivity contribution in [1.29, 1.82) is 0 Å². The van der Waals surface area contributed by atoms with Crippen molar-refractivity contribution in [2.24, 2.45) is 5.73 Å². The Morgan fingerprint density at radius 2 is 1.95 bits per heavy atom. The zero-order valence-corrected chi connectivity index (χ0v) is 12.3. The van der Waals surface area contributed by atoms with Gasteiger partial charge in [-0.25, -0.2) is 9.78 Å². The fourth-order valence-corrected chi connectivity index (χ4v) is 3.40. The number of nitrogens with zero attached hydrogens (tertiary/aromatic N) is 1. The Morgan fingerprint density at radius 1 is 1.14 bits per heavy atom. The topological polar surface area (TPSA) is 83.8 Å². The molecule has 0 aliphatic carbocycles. The van der Waals surface area contributed by atoms with Crippen molar-refractivity contribution in [3.05, 3.63) is 48.7 Å². The lowest BCUT2D eigenvalue weighted by atomic mass is 10.0. The normalized spacial score (nSPS) is 11.1. The van der Waals surface area contributed by atoms with Crippen LogP contribution in [-0.2, 0) is 0 Å². The summed E-state index contributed by atoms with van der Waals surface area (Å²) in [7, 11) is 0. The van der Waals surface area contributed by atoms with Crippen molar-refractivity contribution in [3.63, 3.8) is 0 Å². The van der Waals surface area contributed by atoms with Crippen molar-refractivity contribution < 1.29 is 4.79 Å². The average Bonchev–Trinajstić information content (AvgIpc) is 3.10. The number of H-pyrrole nitrogens is 1. The third kappa shape index (κ3) is 2.19. The van der Waals surface area contributed by atoms with Gasteiger partial charge in [-0.15, -0.1) is 0 Å². The van der Waals surface area contributed by atoms with E-state index in [0.717, 1.165) is 26.9 Å². The highest BCUT2D eigenvalue weighted by Crippen LogP contribution is 2.31. The van der Waals surface area contributed by atoms with Gasteiger partial charge >= 0.3 is 6.03 Å². The Hall–Kier alpha value is -2.86. The second kappa shape index (κ2) is 4.85. The van der Waals surface area contributed by atoms with Crippen LogP contribution in [0.3, 0.4) is 0 Å². The molecule has 0 atom stereocenters. The van der Waals surface area contributed by atoms with E-state index < -0.39 is 6.03 Å². The first kappa shape index (κ1) is 12.8. The van der Waals surface area contributed by atoms with Gasteiger partial charge in [0, 0.05) is 11.7 Å². The van der Waals surface area contributed by atoms with Crippen LogP contribution in [0.2, 0.25) is 0 Å². The van der Waals surface area contributed by atoms with Gasteiger partial charge in [0.1, 0.15) is 0 Å². The molecule has 0 saturated carbocycles. The number of aromatic nitrogens is 2. The lowest BCUT2D eigenvalue weighted by Gasteiger charge is -2.02. The summed E-state index contributed by atoms with van der Waals surface area (Å²) in [6.45, 7) is 0. The maximum Gasteiger partial charge on any atom is 0.318 e. The number of hydrogen-bond acceptors (Lipinski definition) is 3. The van der Waals surface area contributed by atoms with Crippen LogP contribution in [-0.4, -0.2) is 16.0 Å². The molecule has 4 aromatic rings. The van der Waals surface area contributed by atoms with Gasteiger partial charge in [0.05, 0.1) is 10.2 Å². The predicted octanol–water partition coefficient (Wildman–Crippen LogP) is 3.94. The Balaban J connectivity index is 1.79. The molecular weight excluding hydrogens is 296 g/mol. The van der Waals surface area contributed by atoms with Gasteiger partial charge in [-0.3, -0.25) is 5.32 Å². The Kier molecular flexibility index (Phi) is 2.83. The molecule has 108 valence electrons. The molecule has 2 amide bonds. The second-order valence-corrected chi connectivity index (χ2v) is 6.00. The molecule has 0 fully saturated rings. The van der Waals surface area contributed by atoms with E-state index in [4.69, 9.17) is 5.73 Å². The third-order valence-electron chi connectivity index (χ3n) is 3.51. The third-order valence-corrected chi connectivity index (χ3v) is 4.44. The number of primary amides is 1. The molecule has 0 unspecified atom stereocenters. The number of fused-ring (bicyclic) bond motifs is 2. The predicted molar refractivity (Wildman–Crippen MR) is 90.1 cm³/mol. The van der Waals surface area contributed by atoms with E-state index in [0.29, 0.717) is 5.13 Å². The number of rotatable bonds is 2. The highest BCUT2D eigenvalue weighted by atomic mass is 32.1. The Bertz CT molecular complexity index is 1000. The number of amides is 2. The highest BCUT2D eigenvalue weighted by Gasteiger charge is 2.07. The summed E-state index contributed by atoms with van der Waals surface area (Å²) < 4.78 is 1.01. The zero-order chi connectivity index (χ0) is 15.1. The minimum Gasteiger partial charge on any atom is -0.361 e. The van der Waals surface area contributed by atoms with Crippen molar-refractivity contribution in [3.8, 4) is 11.1 Å². The molecule has 0 radical (unpaired) electrons. The molecule has 0 saturated heterocycles. The van der Waals surface area contributed by atoms with Crippen molar-refractivity contribution >= 4 is 43.6 Å². The number of carbonyl (C=O) groups excluding carboxylic acids is 1. The number of aromatic amines is 1. The first-order valence-electron chi connectivity index (χ1n) is 6.74. The smallest absolute Gasteiger partial charge is 0.318 e. The van der Waals surface area contributed by atoms with Crippen LogP contribution in [0.15, 0.2) is 48.7 Å². The number of thiazole rings is 1. The van der Waals surface area contributed by atoms with Gasteiger partial charge in [-0.1, -0.05) is 29.5 Å². The summed E-state index contributed by atoms with van der Waals surface area (Å²) in [6.07, 6.45) is 1.93. The van der Waals surface area contributed by atoms with Gasteiger partial charge < -0.3 is 10.7 Å². The second-order valence-electron chi connectivity index (χ2n) is 4.97. The maximum atomic E-state index is 10.9. The molecule has 0 spiro atoms. The number of nitrogens with one attached hydrogen (secondary N) is 2. The lowest BCUT2D eigenvalue weighted by Crippen LogP contribution is -2.18. The van der Waals surface area contributed by atoms with Crippen LogP contribution in [0.25, 0.3) is 32.2 Å². The largest absolute Gasteiger partial charge is 0.361 e. The number of urea groups is 1. The van der Waals surface area contributed by atoms with Crippen LogP contribution in [0.5, 0.6) is 0 Å². The van der Waals surface area contributed by atoms with Crippen molar-refractivity contribution in [2.75, 3.05) is 5.32 Å². The molecule has 4 rings (SSSR count). The van der Waals surface area contributed by atoms with E-state index in [1.807, 2.05) is 24.4 Å². The highest BCUT2D eigenvalue weighted by molar-refractivity contribution is 7.22. The summed E-state index contributed by atoms with van der Waals surface area (Å²) in [4.78, 5) is 18.5. The summed E-state index contributed by atoms with van der Waals surface area (Å²) in [5.74, 6) is 0. The molecule has 5 nitrogen and oxygen atoms in total. The molecule has 22 heavy (non-hydrogen) atoms. The molecule has 4 N–H and O–H groups in total. The van der Waals surface area contributed by atoms with Crippen molar-refractivity contribution in [2.45, 2.75) is 0 Å². The first-order chi connectivity index (χ1) is 10.7. The molecule has 2 heterocycles. The number of carbonyl (C=O) groups is 1. The van der Waals surface area contributed by atoms with E-state index in [1.165, 1.54) is 16.7 Å². The summed E-state index contributed by atoms with van der Waals surface area (Å²) in [5, 5.41) is 4.22. The molecule has 2 aromatic heterocycles. The van der Waals surface area contributed by atoms with E-state index in [9.17, 15) is 4.79 Å². The lowest BCUT2D eigenvalue weighted by molar-refractivity contribution is 0.259.